The van der Waals surface area contributed by atoms with Gasteiger partial charge in [-0.25, -0.2) is 4.39 Å². The molecule has 1 unspecified atom stereocenters. The molecule has 1 fully saturated rings. The summed E-state index contributed by atoms with van der Waals surface area (Å²) in [6, 6.07) is 7.12. The predicted molar refractivity (Wildman–Crippen MR) is 150 cm³/mol. The second-order valence-electron chi connectivity index (χ2n) is 9.84. The third-order valence-electron chi connectivity index (χ3n) is 6.86. The van der Waals surface area contributed by atoms with Crippen LogP contribution < -0.4 is 26.1 Å². The van der Waals surface area contributed by atoms with Crippen LogP contribution in [0.2, 0.25) is 5.02 Å². The number of carbonyl (C=O) groups is 2. The van der Waals surface area contributed by atoms with E-state index in [9.17, 15) is 31.9 Å². The van der Waals surface area contributed by atoms with Crippen LogP contribution in [0.5, 0.6) is 11.5 Å². The van der Waals surface area contributed by atoms with E-state index in [0.29, 0.717) is 13.0 Å². The van der Waals surface area contributed by atoms with Crippen molar-refractivity contribution in [3.63, 3.8) is 0 Å². The van der Waals surface area contributed by atoms with Crippen molar-refractivity contribution in [1.29, 1.82) is 0 Å². The fourth-order valence-corrected chi connectivity index (χ4v) is 5.09. The van der Waals surface area contributed by atoms with E-state index in [1.165, 1.54) is 37.6 Å². The molecule has 4 rings (SSSR count). The maximum atomic E-state index is 14.5. The van der Waals surface area contributed by atoms with Gasteiger partial charge in [0.05, 0.1) is 24.7 Å². The minimum atomic E-state index is -4.67. The van der Waals surface area contributed by atoms with Gasteiger partial charge >= 0.3 is 6.18 Å². The Morgan fingerprint density at radius 3 is 2.58 bits per heavy atom. The van der Waals surface area contributed by atoms with E-state index in [1.54, 1.807) is 0 Å². The predicted octanol–water partition coefficient (Wildman–Crippen LogP) is 5.56. The van der Waals surface area contributed by atoms with E-state index >= 15 is 0 Å². The zero-order chi connectivity index (χ0) is 31.3. The molecular formula is C29H28ClF4N3O6. The summed E-state index contributed by atoms with van der Waals surface area (Å²) in [5.74, 6) is -4.23. The number of carbonyl (C=O) groups excluding carboxylic acids is 2. The molecule has 0 radical (unpaired) electrons. The highest BCUT2D eigenvalue weighted by Crippen LogP contribution is 2.43. The van der Waals surface area contributed by atoms with E-state index in [0.717, 1.165) is 25.0 Å². The average molecular weight is 626 g/mol. The number of hydrogen-bond donors (Lipinski definition) is 3. The second-order valence-corrected chi connectivity index (χ2v) is 10.3. The Morgan fingerprint density at radius 2 is 1.95 bits per heavy atom. The van der Waals surface area contributed by atoms with Gasteiger partial charge in [-0.2, -0.15) is 13.2 Å². The maximum absolute atomic E-state index is 14.5. The maximum Gasteiger partial charge on any atom is 0.422 e. The Labute approximate surface area is 248 Å². The van der Waals surface area contributed by atoms with Crippen molar-refractivity contribution >= 4 is 29.1 Å². The molecule has 1 aromatic heterocycles. The molecule has 1 saturated heterocycles. The number of anilines is 1. The number of pyridine rings is 1. The van der Waals surface area contributed by atoms with Gasteiger partial charge in [-0.1, -0.05) is 11.6 Å². The van der Waals surface area contributed by atoms with Crippen LogP contribution in [-0.4, -0.2) is 49.4 Å². The standard InChI is InChI=1S/C29H28ClF4N3O6/c1-41-23-13-36-28(40)25(24(23)19-10-15(30)5-8-22(19)43-14-29(32,33)34)20(12-17-4-2-3-9-42-17)27(39)37-16-6-7-18(26(35)38)21(31)11-16/h5-8,10-11,13,17,20H,2-4,9,12,14H2,1H3,(H2,35,38)(H,36,40)(H,37,39)/t17-,20?/m1/s1. The lowest BCUT2D eigenvalue weighted by Gasteiger charge is -2.28. The summed E-state index contributed by atoms with van der Waals surface area (Å²) in [5, 5.41) is 2.68. The lowest BCUT2D eigenvalue weighted by molar-refractivity contribution is -0.153. The van der Waals surface area contributed by atoms with Crippen LogP contribution in [0, 0.1) is 5.82 Å². The summed E-state index contributed by atoms with van der Waals surface area (Å²) in [5.41, 5.74) is 3.83. The molecule has 0 aliphatic carbocycles. The van der Waals surface area contributed by atoms with Crippen LogP contribution in [-0.2, 0) is 9.53 Å². The first-order valence-electron chi connectivity index (χ1n) is 13.2. The van der Waals surface area contributed by atoms with Gasteiger partial charge in [-0.05, 0) is 62.1 Å². The Balaban J connectivity index is 1.87. The molecule has 14 heteroatoms. The van der Waals surface area contributed by atoms with Crippen molar-refractivity contribution in [2.24, 2.45) is 5.73 Å². The zero-order valence-corrected chi connectivity index (χ0v) is 23.6. The van der Waals surface area contributed by atoms with Gasteiger partial charge < -0.3 is 30.2 Å². The first kappa shape index (κ1) is 31.8. The lowest BCUT2D eigenvalue weighted by Crippen LogP contribution is -2.32. The van der Waals surface area contributed by atoms with Gasteiger partial charge in [0.2, 0.25) is 5.91 Å². The number of methoxy groups -OCH3 is 1. The molecule has 9 nitrogen and oxygen atoms in total. The Morgan fingerprint density at radius 1 is 1.19 bits per heavy atom. The summed E-state index contributed by atoms with van der Waals surface area (Å²) in [4.78, 5) is 41.4. The quantitative estimate of drug-likeness (QED) is 0.253. The number of nitrogens with one attached hydrogen (secondary N) is 2. The highest BCUT2D eigenvalue weighted by atomic mass is 35.5. The van der Waals surface area contributed by atoms with E-state index < -0.39 is 48.0 Å². The van der Waals surface area contributed by atoms with Crippen molar-refractivity contribution in [1.82, 2.24) is 4.98 Å². The van der Waals surface area contributed by atoms with Crippen molar-refractivity contribution in [2.45, 2.75) is 43.9 Å². The molecule has 2 aromatic carbocycles. The number of alkyl halides is 3. The van der Waals surface area contributed by atoms with Gasteiger partial charge in [0.25, 0.3) is 11.5 Å². The number of aromatic nitrogens is 1. The van der Waals surface area contributed by atoms with Crippen LogP contribution in [0.25, 0.3) is 11.1 Å². The monoisotopic (exact) mass is 625 g/mol. The Hall–Kier alpha value is -4.10. The molecular weight excluding hydrogens is 598 g/mol. The van der Waals surface area contributed by atoms with E-state index in [4.69, 9.17) is 31.5 Å². The molecule has 230 valence electrons. The first-order valence-corrected chi connectivity index (χ1v) is 13.6. The van der Waals surface area contributed by atoms with Crippen molar-refractivity contribution in [3.8, 4) is 22.6 Å². The second kappa shape index (κ2) is 13.5. The SMILES string of the molecule is COc1c[nH]c(=O)c(C(C[C@H]2CCCCO2)C(=O)Nc2ccc(C(N)=O)c(F)c2)c1-c1cc(Cl)ccc1OCC(F)(F)F. The molecule has 2 atom stereocenters. The number of rotatable bonds is 10. The highest BCUT2D eigenvalue weighted by molar-refractivity contribution is 6.31. The average Bonchev–Trinajstić information content (AvgIpc) is 2.95. The molecule has 1 aliphatic rings. The van der Waals surface area contributed by atoms with Crippen molar-refractivity contribution in [3.05, 3.63) is 74.9 Å². The minimum Gasteiger partial charge on any atom is -0.495 e. The van der Waals surface area contributed by atoms with Gasteiger partial charge in [-0.15, -0.1) is 0 Å². The smallest absolute Gasteiger partial charge is 0.422 e. The van der Waals surface area contributed by atoms with Crippen molar-refractivity contribution in [2.75, 3.05) is 25.6 Å². The molecule has 3 aromatic rings. The fourth-order valence-electron chi connectivity index (χ4n) is 4.92. The fraction of sp³-hybridized carbons (Fsp3) is 0.345. The summed E-state index contributed by atoms with van der Waals surface area (Å²) in [6.07, 6.45) is -1.71. The van der Waals surface area contributed by atoms with Crippen LogP contribution in [0.3, 0.4) is 0 Å². The molecule has 2 heterocycles. The summed E-state index contributed by atoms with van der Waals surface area (Å²) in [7, 11) is 1.28. The minimum absolute atomic E-state index is 0.00373. The summed E-state index contributed by atoms with van der Waals surface area (Å²) < 4.78 is 70.2. The number of halogens is 5. The van der Waals surface area contributed by atoms with Crippen LogP contribution in [0.1, 0.15) is 47.5 Å². The number of amides is 2. The van der Waals surface area contributed by atoms with Gasteiger partial charge in [-0.3, -0.25) is 14.4 Å². The molecule has 0 spiro atoms. The molecule has 4 N–H and O–H groups in total. The summed E-state index contributed by atoms with van der Waals surface area (Å²) >= 11 is 6.23. The topological polar surface area (TPSA) is 133 Å². The zero-order valence-electron chi connectivity index (χ0n) is 22.9. The normalized spacial score (nSPS) is 15.9. The van der Waals surface area contributed by atoms with E-state index in [-0.39, 0.29) is 50.9 Å². The molecule has 43 heavy (non-hydrogen) atoms. The van der Waals surface area contributed by atoms with E-state index in [2.05, 4.69) is 10.3 Å². The lowest BCUT2D eigenvalue weighted by atomic mass is 9.85. The number of ether oxygens (including phenoxy) is 3. The van der Waals surface area contributed by atoms with Crippen LogP contribution in [0.4, 0.5) is 23.2 Å². The molecule has 2 amide bonds. The van der Waals surface area contributed by atoms with Crippen molar-refractivity contribution < 1.29 is 41.4 Å². The Kier molecular flexibility index (Phi) is 9.97. The Bertz CT molecular complexity index is 1560. The summed E-state index contributed by atoms with van der Waals surface area (Å²) in [6.45, 7) is -1.20. The molecule has 0 bridgehead atoms. The van der Waals surface area contributed by atoms with Gasteiger partial charge in [0.1, 0.15) is 17.3 Å². The first-order chi connectivity index (χ1) is 20.4. The third kappa shape index (κ3) is 7.85. The molecule has 1 aliphatic heterocycles. The number of primary amides is 1. The number of H-pyrrole nitrogens is 1. The number of nitrogens with two attached hydrogens (primary N) is 1. The largest absolute Gasteiger partial charge is 0.495 e. The molecule has 0 saturated carbocycles. The van der Waals surface area contributed by atoms with E-state index in [1.807, 2.05) is 0 Å². The third-order valence-corrected chi connectivity index (χ3v) is 7.09. The number of benzene rings is 2. The van der Waals surface area contributed by atoms with Gasteiger partial charge in [0, 0.05) is 40.2 Å². The number of aromatic amines is 1. The van der Waals surface area contributed by atoms with Crippen LogP contribution >= 0.6 is 11.6 Å². The van der Waals surface area contributed by atoms with Gasteiger partial charge in [0.15, 0.2) is 6.61 Å². The van der Waals surface area contributed by atoms with Crippen LogP contribution in [0.15, 0.2) is 47.4 Å². The number of hydrogen-bond acceptors (Lipinski definition) is 6. The highest BCUT2D eigenvalue weighted by Gasteiger charge is 2.34.